The molecule has 0 nitrogen and oxygen atoms in total. The minimum atomic E-state index is 1.24. The first-order chi connectivity index (χ1) is 16.4. The summed E-state index contributed by atoms with van der Waals surface area (Å²) in [6, 6.07) is 43.1. The average Bonchev–Trinajstić information content (AvgIpc) is 3.13. The van der Waals surface area contributed by atoms with Crippen LogP contribution in [0.2, 0.25) is 0 Å². The zero-order valence-corrected chi connectivity index (χ0v) is 21.7. The monoisotopic (exact) mass is 516 g/mol. The van der Waals surface area contributed by atoms with Crippen LogP contribution in [0.1, 0.15) is 22.3 Å². The van der Waals surface area contributed by atoms with E-state index in [0.29, 0.717) is 0 Å². The van der Waals surface area contributed by atoms with Crippen LogP contribution in [0.15, 0.2) is 131 Å². The van der Waals surface area contributed by atoms with Crippen LogP contribution in [0.4, 0.5) is 0 Å². The van der Waals surface area contributed by atoms with Crippen LogP contribution >= 0.6 is 51.1 Å². The lowest BCUT2D eigenvalue weighted by atomic mass is 9.93. The summed E-state index contributed by atoms with van der Waals surface area (Å²) in [7, 11) is 9.24. The fourth-order valence-electron chi connectivity index (χ4n) is 3.77. The average molecular weight is 517 g/mol. The van der Waals surface area contributed by atoms with Crippen LogP contribution in [0, 0.1) is 0 Å². The summed E-state index contributed by atoms with van der Waals surface area (Å²) in [4.78, 5) is 2.62. The van der Waals surface area contributed by atoms with E-state index in [0.717, 1.165) is 0 Å². The summed E-state index contributed by atoms with van der Waals surface area (Å²) in [6.07, 6.45) is 0. The van der Waals surface area contributed by atoms with Crippen LogP contribution < -0.4 is 0 Å². The molecule has 0 aromatic heterocycles. The van der Waals surface area contributed by atoms with Crippen molar-refractivity contribution in [3.8, 4) is 0 Å². The molecule has 1 aliphatic heterocycles. The lowest BCUT2D eigenvalue weighted by Gasteiger charge is -2.20. The van der Waals surface area contributed by atoms with Crippen LogP contribution in [-0.2, 0) is 0 Å². The molecule has 162 valence electrons. The van der Waals surface area contributed by atoms with Gasteiger partial charge in [-0.25, -0.2) is 0 Å². The Morgan fingerprint density at radius 3 is 0.879 bits per heavy atom. The normalized spacial score (nSPS) is 13.9. The highest BCUT2D eigenvalue weighted by atomic mass is 33.8. The zero-order valence-electron chi connectivity index (χ0n) is 17.6. The molecule has 1 fully saturated rings. The van der Waals surface area contributed by atoms with Gasteiger partial charge in [0.15, 0.2) is 0 Å². The third-order valence-electron chi connectivity index (χ3n) is 5.20. The number of hydrogen-bond donors (Lipinski definition) is 0. The Kier molecular flexibility index (Phi) is 7.97. The molecule has 0 aliphatic carbocycles. The van der Waals surface area contributed by atoms with Crippen molar-refractivity contribution in [2.45, 2.75) is 0 Å². The minimum absolute atomic E-state index is 1.24. The van der Waals surface area contributed by atoms with Gasteiger partial charge in [0.25, 0.3) is 0 Å². The van der Waals surface area contributed by atoms with Gasteiger partial charge >= 0.3 is 0 Å². The summed E-state index contributed by atoms with van der Waals surface area (Å²) < 4.78 is 0. The summed E-state index contributed by atoms with van der Waals surface area (Å²) in [5.74, 6) is 0. The van der Waals surface area contributed by atoms with E-state index in [9.17, 15) is 0 Å². The minimum Gasteiger partial charge on any atom is -0.0622 e. The van der Waals surface area contributed by atoms with Crippen molar-refractivity contribution in [3.63, 3.8) is 0 Å². The Hall–Kier alpha value is -1.89. The molecule has 4 aromatic carbocycles. The van der Waals surface area contributed by atoms with Crippen molar-refractivity contribution >= 4 is 62.2 Å². The molecule has 0 atom stereocenters. The lowest BCUT2D eigenvalue weighted by Crippen LogP contribution is -1.97. The Bertz CT molecular complexity index is 1070. The molecule has 0 radical (unpaired) electrons. The molecule has 1 saturated heterocycles. The molecule has 5 rings (SSSR count). The third kappa shape index (κ3) is 5.44. The van der Waals surface area contributed by atoms with Gasteiger partial charge < -0.3 is 0 Å². The van der Waals surface area contributed by atoms with Gasteiger partial charge in [0, 0.05) is 21.0 Å². The summed E-state index contributed by atoms with van der Waals surface area (Å²) in [5, 5.41) is 0. The van der Waals surface area contributed by atoms with Crippen LogP contribution in [0.3, 0.4) is 0 Å². The molecule has 0 unspecified atom stereocenters. The molecule has 0 amide bonds. The van der Waals surface area contributed by atoms with Gasteiger partial charge in [-0.1, -0.05) is 121 Å². The van der Waals surface area contributed by atoms with Crippen LogP contribution in [0.25, 0.3) is 11.1 Å². The van der Waals surface area contributed by atoms with Gasteiger partial charge in [-0.2, -0.15) is 0 Å². The van der Waals surface area contributed by atoms with Gasteiger partial charge in [-0.3, -0.25) is 0 Å². The second-order valence-corrected chi connectivity index (χ2v) is 14.7. The van der Waals surface area contributed by atoms with Gasteiger partial charge in [-0.05, 0) is 73.3 Å². The van der Waals surface area contributed by atoms with Crippen molar-refractivity contribution in [2.75, 3.05) is 0 Å². The smallest absolute Gasteiger partial charge is 0.0427 e. The maximum atomic E-state index is 2.22. The van der Waals surface area contributed by atoms with E-state index >= 15 is 0 Å². The van der Waals surface area contributed by atoms with E-state index in [4.69, 9.17) is 0 Å². The summed E-state index contributed by atoms with van der Waals surface area (Å²) >= 11 is 0. The first-order valence-corrected chi connectivity index (χ1v) is 16.6. The highest BCUT2D eigenvalue weighted by Gasteiger charge is 2.25. The predicted molar refractivity (Wildman–Crippen MR) is 156 cm³/mol. The molecule has 4 aromatic rings. The van der Waals surface area contributed by atoms with Crippen molar-refractivity contribution in [2.24, 2.45) is 0 Å². The van der Waals surface area contributed by atoms with E-state index in [-0.39, 0.29) is 0 Å². The molecule has 1 aliphatic rings. The second kappa shape index (κ2) is 11.5. The number of benzene rings is 4. The Balaban J connectivity index is 1.86. The largest absolute Gasteiger partial charge is 0.0622 e. The lowest BCUT2D eigenvalue weighted by molar-refractivity contribution is 1.52. The summed E-state index contributed by atoms with van der Waals surface area (Å²) in [6.45, 7) is 0. The van der Waals surface area contributed by atoms with Crippen molar-refractivity contribution in [1.29, 1.82) is 0 Å². The SMILES string of the molecule is c1ccc(C(=C2SSSSSC2=C(c2ccccc2)c2ccccc2)c2ccccc2)cc1. The van der Waals surface area contributed by atoms with E-state index in [1.165, 1.54) is 43.2 Å². The van der Waals surface area contributed by atoms with Crippen molar-refractivity contribution in [1.82, 2.24) is 0 Å². The summed E-state index contributed by atoms with van der Waals surface area (Å²) in [5.41, 5.74) is 7.52. The maximum Gasteiger partial charge on any atom is 0.0427 e. The van der Waals surface area contributed by atoms with E-state index in [1.807, 2.05) is 51.1 Å². The highest BCUT2D eigenvalue weighted by Crippen LogP contribution is 2.63. The van der Waals surface area contributed by atoms with E-state index < -0.39 is 0 Å². The Morgan fingerprint density at radius 1 is 0.333 bits per heavy atom. The molecule has 0 spiro atoms. The zero-order chi connectivity index (χ0) is 22.3. The molecule has 33 heavy (non-hydrogen) atoms. The quantitative estimate of drug-likeness (QED) is 0.247. The predicted octanol–water partition coefficient (Wildman–Crippen LogP) is 10.2. The van der Waals surface area contributed by atoms with E-state index in [1.54, 1.807) is 0 Å². The van der Waals surface area contributed by atoms with Gasteiger partial charge in [-0.15, -0.1) is 0 Å². The van der Waals surface area contributed by atoms with Gasteiger partial charge in [0.2, 0.25) is 0 Å². The first kappa shape index (κ1) is 22.9. The fourth-order valence-corrected chi connectivity index (χ4v) is 13.1. The van der Waals surface area contributed by atoms with E-state index in [2.05, 4.69) is 121 Å². The third-order valence-corrected chi connectivity index (χ3v) is 13.7. The maximum absolute atomic E-state index is 2.22. The van der Waals surface area contributed by atoms with Crippen molar-refractivity contribution < 1.29 is 0 Å². The Morgan fingerprint density at radius 2 is 0.606 bits per heavy atom. The molecule has 0 bridgehead atoms. The van der Waals surface area contributed by atoms with Crippen molar-refractivity contribution in [3.05, 3.63) is 153 Å². The van der Waals surface area contributed by atoms with Crippen LogP contribution in [0.5, 0.6) is 0 Å². The first-order valence-electron chi connectivity index (χ1n) is 10.5. The van der Waals surface area contributed by atoms with Crippen LogP contribution in [-0.4, -0.2) is 0 Å². The molecule has 1 heterocycles. The number of rotatable bonds is 4. The molecule has 0 N–H and O–H groups in total. The second-order valence-electron chi connectivity index (χ2n) is 7.24. The molecular formula is C28H20S5. The molecule has 0 saturated carbocycles. The molecular weight excluding hydrogens is 497 g/mol. The molecule has 5 heteroatoms. The van der Waals surface area contributed by atoms with Gasteiger partial charge in [0.1, 0.15) is 0 Å². The highest BCUT2D eigenvalue weighted by molar-refractivity contribution is 9.36. The Labute approximate surface area is 214 Å². The fraction of sp³-hybridized carbons (Fsp3) is 0. The number of hydrogen-bond acceptors (Lipinski definition) is 5. The van der Waals surface area contributed by atoms with Gasteiger partial charge in [0.05, 0.1) is 0 Å². The standard InChI is InChI=1S/C28H20S5/c1-5-13-21(14-6-1)25(22-15-7-2-8-16-22)27-28(30-32-33-31-29-27)26(23-17-9-3-10-18-23)24-19-11-4-12-20-24/h1-20H. The topological polar surface area (TPSA) is 0 Å².